The fourth-order valence-electron chi connectivity index (χ4n) is 3.96. The van der Waals surface area contributed by atoms with E-state index in [1.54, 1.807) is 11.8 Å². The molecule has 3 rings (SSSR count). The first-order chi connectivity index (χ1) is 13.8. The number of nitrogens with zero attached hydrogens (tertiary/aromatic N) is 2. The van der Waals surface area contributed by atoms with E-state index in [2.05, 4.69) is 12.1 Å². The highest BCUT2D eigenvalue weighted by Crippen LogP contribution is 2.25. The molecule has 1 atom stereocenters. The first kappa shape index (κ1) is 21.3. The Hall–Kier alpha value is -2.41. The molecular formula is C22H27FN2O3S. The van der Waals surface area contributed by atoms with Crippen LogP contribution in [-0.4, -0.2) is 44.6 Å². The molecule has 1 amide bonds. The molecule has 5 nitrogen and oxygen atoms in total. The number of sulfonamides is 1. The molecule has 1 aliphatic rings. The molecule has 0 aromatic heterocycles. The lowest BCUT2D eigenvalue weighted by atomic mass is 9.90. The number of carbonyl (C=O) groups excluding carboxylic acids is 1. The van der Waals surface area contributed by atoms with Gasteiger partial charge < -0.3 is 4.90 Å². The molecule has 0 N–H and O–H groups in total. The predicted molar refractivity (Wildman–Crippen MR) is 113 cm³/mol. The Labute approximate surface area is 172 Å². The van der Waals surface area contributed by atoms with Gasteiger partial charge in [0.1, 0.15) is 11.9 Å². The van der Waals surface area contributed by atoms with Crippen LogP contribution in [0.15, 0.2) is 54.6 Å². The molecule has 156 valence electrons. The van der Waals surface area contributed by atoms with E-state index in [1.807, 2.05) is 18.2 Å². The Morgan fingerprint density at radius 2 is 1.69 bits per heavy atom. The maximum absolute atomic E-state index is 13.2. The second kappa shape index (κ2) is 8.95. The largest absolute Gasteiger partial charge is 0.341 e. The van der Waals surface area contributed by atoms with Crippen molar-refractivity contribution in [1.29, 1.82) is 0 Å². The van der Waals surface area contributed by atoms with Gasteiger partial charge in [-0.1, -0.05) is 30.3 Å². The SMILES string of the molecule is C[C@@H](C(=O)N1CCC(Cc2ccccc2)CC1)N(c1ccc(F)cc1)S(C)(=O)=O. The van der Waals surface area contributed by atoms with E-state index in [4.69, 9.17) is 0 Å². The number of carbonyl (C=O) groups is 1. The summed E-state index contributed by atoms with van der Waals surface area (Å²) in [7, 11) is -3.70. The van der Waals surface area contributed by atoms with Crippen molar-refractivity contribution in [2.24, 2.45) is 5.92 Å². The number of piperidine rings is 1. The predicted octanol–water partition coefficient (Wildman–Crippen LogP) is 3.46. The van der Waals surface area contributed by atoms with E-state index in [-0.39, 0.29) is 11.6 Å². The molecule has 0 unspecified atom stereocenters. The minimum atomic E-state index is -3.70. The Morgan fingerprint density at radius 1 is 1.10 bits per heavy atom. The topological polar surface area (TPSA) is 57.7 Å². The lowest BCUT2D eigenvalue weighted by molar-refractivity contribution is -0.133. The number of halogens is 1. The van der Waals surface area contributed by atoms with E-state index >= 15 is 0 Å². The second-order valence-electron chi connectivity index (χ2n) is 7.67. The van der Waals surface area contributed by atoms with Crippen LogP contribution in [0.3, 0.4) is 0 Å². The summed E-state index contributed by atoms with van der Waals surface area (Å²) < 4.78 is 39.0. The van der Waals surface area contributed by atoms with Crippen molar-refractivity contribution < 1.29 is 17.6 Å². The van der Waals surface area contributed by atoms with Crippen LogP contribution in [0.2, 0.25) is 0 Å². The first-order valence-electron chi connectivity index (χ1n) is 9.83. The van der Waals surface area contributed by atoms with Crippen molar-refractivity contribution in [3.63, 3.8) is 0 Å². The smallest absolute Gasteiger partial charge is 0.246 e. The highest BCUT2D eigenvalue weighted by Gasteiger charge is 2.33. The molecule has 0 radical (unpaired) electrons. The quantitative estimate of drug-likeness (QED) is 0.722. The molecule has 2 aromatic rings. The number of hydrogen-bond acceptors (Lipinski definition) is 3. The van der Waals surface area contributed by atoms with Crippen molar-refractivity contribution in [2.75, 3.05) is 23.7 Å². The van der Waals surface area contributed by atoms with Crippen LogP contribution in [0.1, 0.15) is 25.3 Å². The zero-order valence-electron chi connectivity index (χ0n) is 16.8. The number of hydrogen-bond donors (Lipinski definition) is 0. The number of benzene rings is 2. The van der Waals surface area contributed by atoms with Gasteiger partial charge in [0.15, 0.2) is 0 Å². The summed E-state index contributed by atoms with van der Waals surface area (Å²) in [6.07, 6.45) is 3.83. The normalized spacial score (nSPS) is 16.4. The second-order valence-corrected chi connectivity index (χ2v) is 9.53. The van der Waals surface area contributed by atoms with Gasteiger partial charge in [-0.3, -0.25) is 9.10 Å². The monoisotopic (exact) mass is 418 g/mol. The van der Waals surface area contributed by atoms with Crippen LogP contribution in [0.4, 0.5) is 10.1 Å². The van der Waals surface area contributed by atoms with Crippen LogP contribution >= 0.6 is 0 Å². The first-order valence-corrected chi connectivity index (χ1v) is 11.7. The van der Waals surface area contributed by atoms with Gasteiger partial charge in [0, 0.05) is 13.1 Å². The van der Waals surface area contributed by atoms with E-state index in [0.29, 0.717) is 19.0 Å². The molecule has 29 heavy (non-hydrogen) atoms. The third-order valence-corrected chi connectivity index (χ3v) is 6.68. The average molecular weight is 419 g/mol. The van der Waals surface area contributed by atoms with Crippen LogP contribution in [0.25, 0.3) is 0 Å². The summed E-state index contributed by atoms with van der Waals surface area (Å²) in [4.78, 5) is 14.8. The summed E-state index contributed by atoms with van der Waals surface area (Å²) in [5.41, 5.74) is 1.58. The lowest BCUT2D eigenvalue weighted by Gasteiger charge is -2.36. The van der Waals surface area contributed by atoms with Crippen molar-refractivity contribution in [1.82, 2.24) is 4.90 Å². The minimum absolute atomic E-state index is 0.224. The average Bonchev–Trinajstić information content (AvgIpc) is 2.69. The summed E-state index contributed by atoms with van der Waals surface area (Å²) in [6, 6.07) is 14.6. The molecule has 0 saturated carbocycles. The van der Waals surface area contributed by atoms with E-state index in [1.165, 1.54) is 29.8 Å². The molecule has 0 bridgehead atoms. The molecule has 1 heterocycles. The number of amides is 1. The molecule has 2 aromatic carbocycles. The maximum atomic E-state index is 13.2. The van der Waals surface area contributed by atoms with Gasteiger partial charge in [-0.15, -0.1) is 0 Å². The van der Waals surface area contributed by atoms with Gasteiger partial charge in [0.05, 0.1) is 11.9 Å². The third-order valence-electron chi connectivity index (χ3n) is 5.44. The minimum Gasteiger partial charge on any atom is -0.341 e. The Bertz CT molecular complexity index is 924. The van der Waals surface area contributed by atoms with Crippen molar-refractivity contribution >= 4 is 21.6 Å². The van der Waals surface area contributed by atoms with Crippen LogP contribution in [0.5, 0.6) is 0 Å². The lowest BCUT2D eigenvalue weighted by Crippen LogP contribution is -2.51. The zero-order valence-corrected chi connectivity index (χ0v) is 17.6. The summed E-state index contributed by atoms with van der Waals surface area (Å²) in [5, 5.41) is 0. The highest BCUT2D eigenvalue weighted by molar-refractivity contribution is 7.92. The van der Waals surface area contributed by atoms with Crippen LogP contribution < -0.4 is 4.31 Å². The highest BCUT2D eigenvalue weighted by atomic mass is 32.2. The Kier molecular flexibility index (Phi) is 6.57. The van der Waals surface area contributed by atoms with E-state index in [0.717, 1.165) is 29.8 Å². The van der Waals surface area contributed by atoms with Gasteiger partial charge in [-0.25, -0.2) is 12.8 Å². The van der Waals surface area contributed by atoms with Crippen molar-refractivity contribution in [2.45, 2.75) is 32.2 Å². The number of likely N-dealkylation sites (tertiary alicyclic amines) is 1. The summed E-state index contributed by atoms with van der Waals surface area (Å²) >= 11 is 0. The maximum Gasteiger partial charge on any atom is 0.246 e. The van der Waals surface area contributed by atoms with Crippen LogP contribution in [0, 0.1) is 11.7 Å². The molecule has 1 fully saturated rings. The van der Waals surface area contributed by atoms with Gasteiger partial charge in [-0.2, -0.15) is 0 Å². The fraction of sp³-hybridized carbons (Fsp3) is 0.409. The van der Waals surface area contributed by atoms with Gasteiger partial charge in [-0.05, 0) is 61.9 Å². The van der Waals surface area contributed by atoms with Crippen molar-refractivity contribution in [3.05, 3.63) is 66.0 Å². The number of rotatable bonds is 6. The van der Waals surface area contributed by atoms with E-state index in [9.17, 15) is 17.6 Å². The molecule has 0 aliphatic carbocycles. The van der Waals surface area contributed by atoms with Crippen LogP contribution in [-0.2, 0) is 21.2 Å². The Morgan fingerprint density at radius 3 is 2.24 bits per heavy atom. The summed E-state index contributed by atoms with van der Waals surface area (Å²) in [6.45, 7) is 2.81. The third kappa shape index (κ3) is 5.35. The molecule has 1 aliphatic heterocycles. The Balaban J connectivity index is 1.66. The molecule has 7 heteroatoms. The molecular weight excluding hydrogens is 391 g/mol. The molecule has 0 spiro atoms. The van der Waals surface area contributed by atoms with Gasteiger partial charge in [0.25, 0.3) is 0 Å². The fourth-order valence-corrected chi connectivity index (χ4v) is 5.13. The standard InChI is InChI=1S/C22H27FN2O3S/c1-17(25(29(2,27)28)21-10-8-20(23)9-11-21)22(26)24-14-12-19(13-15-24)16-18-6-4-3-5-7-18/h3-11,17,19H,12-16H2,1-2H3/t17-/m0/s1. The van der Waals surface area contributed by atoms with E-state index < -0.39 is 21.9 Å². The number of anilines is 1. The summed E-state index contributed by atoms with van der Waals surface area (Å²) in [5.74, 6) is -0.167. The van der Waals surface area contributed by atoms with Crippen molar-refractivity contribution in [3.8, 4) is 0 Å². The zero-order chi connectivity index (χ0) is 21.0. The van der Waals surface area contributed by atoms with Gasteiger partial charge >= 0.3 is 0 Å². The van der Waals surface area contributed by atoms with Gasteiger partial charge in [0.2, 0.25) is 15.9 Å². The molecule has 1 saturated heterocycles.